The summed E-state index contributed by atoms with van der Waals surface area (Å²) in [5.74, 6) is -0.264. The molecule has 66 valence electrons. The van der Waals surface area contributed by atoms with Gasteiger partial charge in [-0.05, 0) is 0 Å². The van der Waals surface area contributed by atoms with Gasteiger partial charge in [0, 0.05) is 13.0 Å². The van der Waals surface area contributed by atoms with Crippen LogP contribution in [0.5, 0.6) is 0 Å². The highest BCUT2D eigenvalue weighted by Crippen LogP contribution is 2.20. The van der Waals surface area contributed by atoms with Crippen LogP contribution in [0.15, 0.2) is 0 Å². The van der Waals surface area contributed by atoms with Gasteiger partial charge in [-0.25, -0.2) is 0 Å². The molecular weight excluding hydrogens is 160 g/mol. The van der Waals surface area contributed by atoms with Crippen molar-refractivity contribution in [3.63, 3.8) is 0 Å². The average molecular weight is 170 g/mol. The molecule has 1 unspecified atom stereocenters. The Bertz CT molecular complexity index is 233. The van der Waals surface area contributed by atoms with Crippen LogP contribution in [0, 0.1) is 0 Å². The molecule has 2 rings (SSSR count). The molecule has 0 aromatic rings. The molecule has 2 aliphatic heterocycles. The highest BCUT2D eigenvalue weighted by Gasteiger charge is 2.45. The Balaban J connectivity index is 2.20. The van der Waals surface area contributed by atoms with Crippen molar-refractivity contribution in [3.05, 3.63) is 0 Å². The fourth-order valence-electron chi connectivity index (χ4n) is 1.54. The van der Waals surface area contributed by atoms with E-state index in [1.807, 2.05) is 0 Å². The van der Waals surface area contributed by atoms with Crippen LogP contribution >= 0.6 is 0 Å². The molecule has 1 spiro atoms. The fourth-order valence-corrected chi connectivity index (χ4v) is 1.54. The summed E-state index contributed by atoms with van der Waals surface area (Å²) in [7, 11) is 0. The zero-order valence-electron chi connectivity index (χ0n) is 6.55. The van der Waals surface area contributed by atoms with E-state index in [1.54, 1.807) is 0 Å². The molecule has 2 aliphatic rings. The minimum absolute atomic E-state index is 0.0839. The Morgan fingerprint density at radius 2 is 2.25 bits per heavy atom. The Morgan fingerprint density at radius 1 is 1.42 bits per heavy atom. The van der Waals surface area contributed by atoms with E-state index in [0.29, 0.717) is 19.6 Å². The van der Waals surface area contributed by atoms with Gasteiger partial charge in [0.2, 0.25) is 11.8 Å². The summed E-state index contributed by atoms with van der Waals surface area (Å²) in [5, 5.41) is 5.20. The van der Waals surface area contributed by atoms with Crippen molar-refractivity contribution < 1.29 is 14.3 Å². The van der Waals surface area contributed by atoms with E-state index in [2.05, 4.69) is 10.6 Å². The topological polar surface area (TPSA) is 67.4 Å². The molecule has 12 heavy (non-hydrogen) atoms. The van der Waals surface area contributed by atoms with Gasteiger partial charge in [-0.1, -0.05) is 0 Å². The van der Waals surface area contributed by atoms with Gasteiger partial charge in [0.1, 0.15) is 5.54 Å². The lowest BCUT2D eigenvalue weighted by Crippen LogP contribution is -2.66. The summed E-state index contributed by atoms with van der Waals surface area (Å²) in [6.45, 7) is 0.916. The van der Waals surface area contributed by atoms with Crippen molar-refractivity contribution in [2.75, 3.05) is 19.8 Å². The number of piperazine rings is 1. The van der Waals surface area contributed by atoms with Gasteiger partial charge < -0.3 is 15.4 Å². The predicted molar refractivity (Wildman–Crippen MR) is 39.3 cm³/mol. The molecule has 1 atom stereocenters. The lowest BCUT2D eigenvalue weighted by molar-refractivity contribution is -0.138. The van der Waals surface area contributed by atoms with E-state index in [-0.39, 0.29) is 18.4 Å². The van der Waals surface area contributed by atoms with Gasteiger partial charge in [-0.15, -0.1) is 0 Å². The molecule has 0 aromatic carbocycles. The maximum Gasteiger partial charge on any atom is 0.248 e. The first-order valence-corrected chi connectivity index (χ1v) is 3.90. The molecular formula is C7H10N2O3. The van der Waals surface area contributed by atoms with Crippen molar-refractivity contribution in [2.45, 2.75) is 12.0 Å². The highest BCUT2D eigenvalue weighted by molar-refractivity contribution is 5.98. The van der Waals surface area contributed by atoms with Crippen LogP contribution in [0.1, 0.15) is 6.42 Å². The van der Waals surface area contributed by atoms with E-state index in [9.17, 15) is 9.59 Å². The lowest BCUT2D eigenvalue weighted by atomic mass is 9.95. The first-order valence-electron chi connectivity index (χ1n) is 3.90. The summed E-state index contributed by atoms with van der Waals surface area (Å²) in [6, 6.07) is 0. The van der Waals surface area contributed by atoms with E-state index in [4.69, 9.17) is 4.74 Å². The minimum Gasteiger partial charge on any atom is -0.378 e. The molecule has 0 saturated carbocycles. The number of carbonyl (C=O) groups is 2. The van der Waals surface area contributed by atoms with E-state index in [0.717, 1.165) is 0 Å². The van der Waals surface area contributed by atoms with Crippen molar-refractivity contribution in [2.24, 2.45) is 0 Å². The van der Waals surface area contributed by atoms with Gasteiger partial charge in [-0.3, -0.25) is 9.59 Å². The molecule has 0 bridgehead atoms. The lowest BCUT2D eigenvalue weighted by Gasteiger charge is -2.31. The minimum atomic E-state index is -0.769. The van der Waals surface area contributed by atoms with E-state index < -0.39 is 5.54 Å². The van der Waals surface area contributed by atoms with E-state index >= 15 is 0 Å². The van der Waals surface area contributed by atoms with Crippen molar-refractivity contribution in [1.82, 2.24) is 10.6 Å². The van der Waals surface area contributed by atoms with Crippen molar-refractivity contribution in [1.29, 1.82) is 0 Å². The Labute approximate surface area is 69.5 Å². The molecule has 0 aromatic heterocycles. The summed E-state index contributed by atoms with van der Waals surface area (Å²) < 4.78 is 5.08. The largest absolute Gasteiger partial charge is 0.378 e. The summed E-state index contributed by atoms with van der Waals surface area (Å²) in [5.41, 5.74) is -0.769. The monoisotopic (exact) mass is 170 g/mol. The number of nitrogens with one attached hydrogen (secondary N) is 2. The molecule has 0 radical (unpaired) electrons. The standard InChI is InChI=1S/C7H10N2O3/c10-5-3-8-6(11)7(9-5)1-2-12-4-7/h1-4H2,(H,8,11)(H,9,10). The van der Waals surface area contributed by atoms with Crippen LogP contribution in [0.4, 0.5) is 0 Å². The van der Waals surface area contributed by atoms with Crippen LogP contribution in [0.3, 0.4) is 0 Å². The smallest absolute Gasteiger partial charge is 0.248 e. The molecule has 5 nitrogen and oxygen atoms in total. The molecule has 2 fully saturated rings. The quantitative estimate of drug-likeness (QED) is 0.459. The maximum absolute atomic E-state index is 11.4. The predicted octanol–water partition coefficient (Wildman–Crippen LogP) is -1.61. The second-order valence-corrected chi connectivity index (χ2v) is 3.12. The van der Waals surface area contributed by atoms with Crippen LogP contribution in [-0.2, 0) is 14.3 Å². The first kappa shape index (κ1) is 7.54. The second-order valence-electron chi connectivity index (χ2n) is 3.12. The molecule has 0 aliphatic carbocycles. The second kappa shape index (κ2) is 2.45. The number of carbonyl (C=O) groups excluding carboxylic acids is 2. The Morgan fingerprint density at radius 3 is 2.92 bits per heavy atom. The average Bonchev–Trinajstić information content (AvgIpc) is 2.48. The molecule has 2 heterocycles. The third-order valence-electron chi connectivity index (χ3n) is 2.24. The summed E-state index contributed by atoms with van der Waals surface area (Å²) in [4.78, 5) is 22.3. The van der Waals surface area contributed by atoms with Gasteiger partial charge in [0.25, 0.3) is 0 Å². The highest BCUT2D eigenvalue weighted by atomic mass is 16.5. The van der Waals surface area contributed by atoms with Crippen LogP contribution in [0.25, 0.3) is 0 Å². The Hall–Kier alpha value is -1.10. The van der Waals surface area contributed by atoms with Gasteiger partial charge in [0.05, 0.1) is 13.2 Å². The fraction of sp³-hybridized carbons (Fsp3) is 0.714. The van der Waals surface area contributed by atoms with Crippen LogP contribution < -0.4 is 10.6 Å². The summed E-state index contributed by atoms with van der Waals surface area (Å²) >= 11 is 0. The van der Waals surface area contributed by atoms with Gasteiger partial charge >= 0.3 is 0 Å². The number of amides is 2. The molecule has 2 saturated heterocycles. The normalized spacial score (nSPS) is 35.0. The third kappa shape index (κ3) is 0.972. The third-order valence-corrected chi connectivity index (χ3v) is 2.24. The zero-order chi connectivity index (χ0) is 8.60. The molecule has 5 heteroatoms. The van der Waals surface area contributed by atoms with E-state index in [1.165, 1.54) is 0 Å². The number of rotatable bonds is 0. The number of hydrogen-bond acceptors (Lipinski definition) is 3. The molecule has 2 amide bonds. The van der Waals surface area contributed by atoms with Gasteiger partial charge in [0.15, 0.2) is 0 Å². The maximum atomic E-state index is 11.4. The van der Waals surface area contributed by atoms with Crippen molar-refractivity contribution in [3.8, 4) is 0 Å². The van der Waals surface area contributed by atoms with Crippen LogP contribution in [0.2, 0.25) is 0 Å². The zero-order valence-corrected chi connectivity index (χ0v) is 6.55. The van der Waals surface area contributed by atoms with Crippen LogP contribution in [-0.4, -0.2) is 37.1 Å². The SMILES string of the molecule is O=C1CNC(=O)C2(CCOC2)N1. The number of hydrogen-bond donors (Lipinski definition) is 2. The Kier molecular flexibility index (Phi) is 1.54. The number of ether oxygens (including phenoxy) is 1. The summed E-state index contributed by atoms with van der Waals surface area (Å²) in [6.07, 6.45) is 0.574. The first-order chi connectivity index (χ1) is 5.73. The van der Waals surface area contributed by atoms with Crippen molar-refractivity contribution >= 4 is 11.8 Å². The molecule has 2 N–H and O–H groups in total. The van der Waals surface area contributed by atoms with Gasteiger partial charge in [-0.2, -0.15) is 0 Å².